The minimum Gasteiger partial charge on any atom is -0.463 e. The predicted molar refractivity (Wildman–Crippen MR) is 83.8 cm³/mol. The lowest BCUT2D eigenvalue weighted by Gasteiger charge is -2.26. The van der Waals surface area contributed by atoms with E-state index in [1.54, 1.807) is 0 Å². The van der Waals surface area contributed by atoms with Crippen molar-refractivity contribution in [1.82, 2.24) is 0 Å². The Bertz CT molecular complexity index is 662. The largest absolute Gasteiger partial charge is 0.463 e. The van der Waals surface area contributed by atoms with Crippen molar-refractivity contribution in [3.05, 3.63) is 83.5 Å². The van der Waals surface area contributed by atoms with Crippen molar-refractivity contribution in [2.75, 3.05) is 6.61 Å². The summed E-state index contributed by atoms with van der Waals surface area (Å²) in [6, 6.07) is 10.3. The molecule has 0 saturated carbocycles. The highest BCUT2D eigenvalue weighted by atomic mass is 16.5. The third-order valence-electron chi connectivity index (χ3n) is 3.98. The fourth-order valence-electron chi connectivity index (χ4n) is 3.00. The van der Waals surface area contributed by atoms with Gasteiger partial charge in [-0.25, -0.2) is 4.79 Å². The third kappa shape index (κ3) is 2.38. The predicted octanol–water partition coefficient (Wildman–Crippen LogP) is 3.87. The lowest BCUT2D eigenvalue weighted by atomic mass is 9.76. The number of ether oxygens (including phenoxy) is 1. The molecule has 0 radical (unpaired) electrons. The first-order chi connectivity index (χ1) is 10.3. The molecule has 0 fully saturated rings. The molecule has 2 heteroatoms. The Labute approximate surface area is 125 Å². The van der Waals surface area contributed by atoms with Crippen LogP contribution in [0.2, 0.25) is 0 Å². The van der Waals surface area contributed by atoms with Crippen molar-refractivity contribution in [1.29, 1.82) is 0 Å². The van der Waals surface area contributed by atoms with Crippen LogP contribution in [0.1, 0.15) is 18.9 Å². The van der Waals surface area contributed by atoms with Crippen LogP contribution in [0.25, 0.3) is 0 Å². The van der Waals surface area contributed by atoms with Crippen molar-refractivity contribution in [3.63, 3.8) is 0 Å². The lowest BCUT2D eigenvalue weighted by molar-refractivity contribution is -0.138. The molecule has 1 aromatic rings. The van der Waals surface area contributed by atoms with Gasteiger partial charge >= 0.3 is 5.97 Å². The van der Waals surface area contributed by atoms with Gasteiger partial charge in [0.05, 0.1) is 12.0 Å². The summed E-state index contributed by atoms with van der Waals surface area (Å²) in [5, 5.41) is 0. The molecule has 106 valence electrons. The van der Waals surface area contributed by atoms with Crippen LogP contribution in [0.3, 0.4) is 0 Å². The molecular weight excluding hydrogens is 260 g/mol. The number of esters is 1. The highest BCUT2D eigenvalue weighted by Crippen LogP contribution is 2.45. The highest BCUT2D eigenvalue weighted by molar-refractivity contribution is 5.91. The maximum Gasteiger partial charge on any atom is 0.334 e. The van der Waals surface area contributed by atoms with E-state index in [1.807, 2.05) is 43.4 Å². The van der Waals surface area contributed by atoms with Crippen LogP contribution >= 0.6 is 0 Å². The molecule has 21 heavy (non-hydrogen) atoms. The van der Waals surface area contributed by atoms with Gasteiger partial charge in [-0.05, 0) is 18.1 Å². The fourth-order valence-corrected chi connectivity index (χ4v) is 3.00. The molecule has 0 spiro atoms. The Kier molecular flexibility index (Phi) is 3.61. The van der Waals surface area contributed by atoms with Gasteiger partial charge in [-0.3, -0.25) is 0 Å². The van der Waals surface area contributed by atoms with Crippen LogP contribution in [0.5, 0.6) is 0 Å². The molecule has 2 aliphatic rings. The molecule has 0 unspecified atom stereocenters. The molecule has 0 amide bonds. The molecule has 0 aromatic heterocycles. The summed E-state index contributed by atoms with van der Waals surface area (Å²) in [6.45, 7) is 2.24. The van der Waals surface area contributed by atoms with Crippen molar-refractivity contribution < 1.29 is 9.53 Å². The summed E-state index contributed by atoms with van der Waals surface area (Å²) in [6.07, 6.45) is 13.0. The van der Waals surface area contributed by atoms with Crippen molar-refractivity contribution in [2.24, 2.45) is 0 Å². The average Bonchev–Trinajstić information content (AvgIpc) is 2.77. The van der Waals surface area contributed by atoms with E-state index in [-0.39, 0.29) is 11.4 Å². The maximum atomic E-state index is 12.1. The molecule has 0 aliphatic heterocycles. The lowest BCUT2D eigenvalue weighted by Crippen LogP contribution is -2.20. The van der Waals surface area contributed by atoms with E-state index in [2.05, 4.69) is 30.4 Å². The molecule has 2 nitrogen and oxygen atoms in total. The van der Waals surface area contributed by atoms with E-state index < -0.39 is 0 Å². The molecule has 1 aromatic carbocycles. The van der Waals surface area contributed by atoms with Gasteiger partial charge in [0.25, 0.3) is 0 Å². The summed E-state index contributed by atoms with van der Waals surface area (Å²) < 4.78 is 5.17. The van der Waals surface area contributed by atoms with Crippen LogP contribution in [0, 0.1) is 0 Å². The van der Waals surface area contributed by atoms with Crippen LogP contribution < -0.4 is 0 Å². The zero-order valence-corrected chi connectivity index (χ0v) is 12.1. The van der Waals surface area contributed by atoms with Crippen LogP contribution in [-0.2, 0) is 14.9 Å². The molecule has 0 bridgehead atoms. The number of carbonyl (C=O) groups is 1. The van der Waals surface area contributed by atoms with E-state index in [4.69, 9.17) is 4.74 Å². The number of carbonyl (C=O) groups excluding carboxylic acids is 1. The maximum absolute atomic E-state index is 12.1. The Morgan fingerprint density at radius 1 is 1.19 bits per heavy atom. The molecular formula is C19H18O2. The summed E-state index contributed by atoms with van der Waals surface area (Å²) >= 11 is 0. The third-order valence-corrected chi connectivity index (χ3v) is 3.98. The summed E-state index contributed by atoms with van der Waals surface area (Å²) in [7, 11) is 0. The van der Waals surface area contributed by atoms with Crippen LogP contribution in [-0.4, -0.2) is 12.6 Å². The van der Waals surface area contributed by atoms with Crippen LogP contribution in [0.15, 0.2) is 77.9 Å². The number of fused-ring (bicyclic) bond motifs is 1. The topological polar surface area (TPSA) is 26.3 Å². The summed E-state index contributed by atoms with van der Waals surface area (Å²) in [5.41, 5.74) is 2.80. The fraction of sp³-hybridized carbons (Fsp3) is 0.211. The number of hydrogen-bond donors (Lipinski definition) is 0. The standard InChI is InChI=1S/C19H18O2/c1-2-21-18(20)15-13-17-11-7-4-8-12-19(17,14-15)16-9-5-3-6-10-16/h3-12,14H,2,13H2,1H3/t19-/m1/s1. The number of rotatable bonds is 3. The molecule has 2 aliphatic carbocycles. The minimum atomic E-state index is -0.327. The van der Waals surface area contributed by atoms with Gasteiger partial charge in [0.2, 0.25) is 0 Å². The first-order valence-electron chi connectivity index (χ1n) is 7.26. The first kappa shape index (κ1) is 13.6. The molecule has 0 heterocycles. The molecule has 1 atom stereocenters. The number of benzene rings is 1. The Hall–Kier alpha value is -2.35. The van der Waals surface area contributed by atoms with E-state index >= 15 is 0 Å². The van der Waals surface area contributed by atoms with E-state index in [0.717, 1.165) is 5.57 Å². The Balaban J connectivity index is 2.10. The van der Waals surface area contributed by atoms with Gasteiger partial charge in [0.1, 0.15) is 0 Å². The normalized spacial score (nSPS) is 23.1. The average molecular weight is 278 g/mol. The smallest absolute Gasteiger partial charge is 0.334 e. The van der Waals surface area contributed by atoms with Gasteiger partial charge in [-0.1, -0.05) is 66.8 Å². The zero-order valence-electron chi connectivity index (χ0n) is 12.1. The molecule has 0 N–H and O–H groups in total. The minimum absolute atomic E-state index is 0.209. The second-order valence-corrected chi connectivity index (χ2v) is 5.24. The van der Waals surface area contributed by atoms with Gasteiger partial charge in [0, 0.05) is 12.0 Å². The highest BCUT2D eigenvalue weighted by Gasteiger charge is 2.39. The second kappa shape index (κ2) is 5.57. The number of hydrogen-bond acceptors (Lipinski definition) is 2. The SMILES string of the molecule is CCOC(=O)C1=C[C@@]2(c3ccccc3)C=CC=CC=C2C1. The van der Waals surface area contributed by atoms with Gasteiger partial charge < -0.3 is 4.74 Å². The van der Waals surface area contributed by atoms with E-state index in [1.165, 1.54) is 11.1 Å². The van der Waals surface area contributed by atoms with Crippen molar-refractivity contribution in [2.45, 2.75) is 18.8 Å². The quantitative estimate of drug-likeness (QED) is 0.785. The van der Waals surface area contributed by atoms with Crippen molar-refractivity contribution in [3.8, 4) is 0 Å². The summed E-state index contributed by atoms with van der Waals surface area (Å²) in [4.78, 5) is 12.1. The second-order valence-electron chi connectivity index (χ2n) is 5.24. The monoisotopic (exact) mass is 278 g/mol. The Morgan fingerprint density at radius 3 is 2.76 bits per heavy atom. The summed E-state index contributed by atoms with van der Waals surface area (Å²) in [5.74, 6) is -0.209. The molecule has 3 rings (SSSR count). The van der Waals surface area contributed by atoms with E-state index in [0.29, 0.717) is 13.0 Å². The number of allylic oxidation sites excluding steroid dienone is 7. The first-order valence-corrected chi connectivity index (χ1v) is 7.26. The van der Waals surface area contributed by atoms with Crippen LogP contribution in [0.4, 0.5) is 0 Å². The Morgan fingerprint density at radius 2 is 2.00 bits per heavy atom. The van der Waals surface area contributed by atoms with Gasteiger partial charge in [-0.2, -0.15) is 0 Å². The molecule has 0 saturated heterocycles. The van der Waals surface area contributed by atoms with Crippen molar-refractivity contribution >= 4 is 5.97 Å². The van der Waals surface area contributed by atoms with Gasteiger partial charge in [0.15, 0.2) is 0 Å². The van der Waals surface area contributed by atoms with Gasteiger partial charge in [-0.15, -0.1) is 0 Å². The zero-order chi connectivity index (χ0) is 14.7. The van der Waals surface area contributed by atoms with E-state index in [9.17, 15) is 4.79 Å².